The molecule has 0 aliphatic heterocycles. The molecule has 1 aromatic rings. The molecule has 0 N–H and O–H groups in total. The normalized spacial score (nSPS) is 11.6. The Morgan fingerprint density at radius 2 is 1.62 bits per heavy atom. The fourth-order valence-electron chi connectivity index (χ4n) is 1.36. The fourth-order valence-corrected chi connectivity index (χ4v) is 1.36. The van der Waals surface area contributed by atoms with Gasteiger partial charge >= 0.3 is 0 Å². The number of rotatable bonds is 4. The minimum atomic E-state index is -0.121. The number of hydroxylamine groups is 3. The molecule has 0 aromatic heterocycles. The number of benzene rings is 1. The zero-order chi connectivity index (χ0) is 9.73. The van der Waals surface area contributed by atoms with Crippen LogP contribution < -0.4 is 0 Å². The van der Waals surface area contributed by atoms with Gasteiger partial charge in [-0.2, -0.15) is 0 Å². The summed E-state index contributed by atoms with van der Waals surface area (Å²) >= 11 is 0. The van der Waals surface area contributed by atoms with Gasteiger partial charge in [-0.3, -0.25) is 0 Å². The van der Waals surface area contributed by atoms with E-state index in [1.54, 1.807) is 0 Å². The first-order chi connectivity index (χ1) is 6.20. The van der Waals surface area contributed by atoms with Crippen molar-refractivity contribution in [3.05, 3.63) is 41.1 Å². The molecule has 72 valence electrons. The van der Waals surface area contributed by atoms with Gasteiger partial charge in [-0.15, -0.1) is 0 Å². The fraction of sp³-hybridized carbons (Fsp3) is 0.455. The number of hydrogen-bond acceptors (Lipinski definition) is 1. The summed E-state index contributed by atoms with van der Waals surface area (Å²) < 4.78 is -0.121. The highest BCUT2D eigenvalue weighted by Gasteiger charge is 2.11. The molecular weight excluding hydrogens is 162 g/mol. The minimum Gasteiger partial charge on any atom is -0.633 e. The van der Waals surface area contributed by atoms with E-state index in [-0.39, 0.29) is 4.65 Å². The van der Waals surface area contributed by atoms with Crippen molar-refractivity contribution in [3.8, 4) is 0 Å². The van der Waals surface area contributed by atoms with Crippen molar-refractivity contribution in [3.63, 3.8) is 0 Å². The largest absolute Gasteiger partial charge is 0.633 e. The molecule has 0 saturated carbocycles. The lowest BCUT2D eigenvalue weighted by Crippen LogP contribution is -2.40. The van der Waals surface area contributed by atoms with Gasteiger partial charge in [0.15, 0.2) is 0 Å². The molecule has 0 atom stereocenters. The molecule has 0 amide bonds. The zero-order valence-electron chi connectivity index (χ0n) is 8.36. The average molecular weight is 179 g/mol. The Bertz CT molecular complexity index is 242. The van der Waals surface area contributed by atoms with Gasteiger partial charge in [0, 0.05) is 5.56 Å². The molecule has 0 saturated heterocycles. The second-order valence-corrected chi connectivity index (χ2v) is 3.33. The highest BCUT2D eigenvalue weighted by molar-refractivity contribution is 5.13. The van der Waals surface area contributed by atoms with E-state index in [4.69, 9.17) is 0 Å². The predicted molar refractivity (Wildman–Crippen MR) is 54.9 cm³/mol. The molecule has 0 spiro atoms. The van der Waals surface area contributed by atoms with Crippen molar-refractivity contribution in [1.82, 2.24) is 0 Å². The van der Waals surface area contributed by atoms with Crippen molar-refractivity contribution in [1.29, 1.82) is 0 Å². The Morgan fingerprint density at radius 1 is 1.08 bits per heavy atom. The molecule has 0 unspecified atom stereocenters. The van der Waals surface area contributed by atoms with Crippen LogP contribution in [0.5, 0.6) is 0 Å². The van der Waals surface area contributed by atoms with E-state index >= 15 is 0 Å². The number of nitrogens with zero attached hydrogens (tertiary/aromatic N) is 1. The van der Waals surface area contributed by atoms with Gasteiger partial charge in [-0.25, -0.2) is 0 Å². The van der Waals surface area contributed by atoms with Crippen molar-refractivity contribution in [2.75, 3.05) is 13.1 Å². The van der Waals surface area contributed by atoms with Gasteiger partial charge in [-0.1, -0.05) is 30.3 Å². The highest BCUT2D eigenvalue weighted by Crippen LogP contribution is 2.11. The Kier molecular flexibility index (Phi) is 3.46. The first kappa shape index (κ1) is 10.2. The first-order valence-electron chi connectivity index (χ1n) is 4.81. The van der Waals surface area contributed by atoms with Crippen LogP contribution in [0.1, 0.15) is 19.4 Å². The molecule has 0 aliphatic carbocycles. The summed E-state index contributed by atoms with van der Waals surface area (Å²) in [5.41, 5.74) is 1.13. The standard InChI is InChI=1S/C11H17NO/c1-3-12(13,4-2)10-11-8-6-5-7-9-11/h5-9H,3-4,10H2,1-2H3. The maximum Gasteiger partial charge on any atom is 0.104 e. The molecular formula is C11H17NO. The number of quaternary nitrogens is 1. The monoisotopic (exact) mass is 179 g/mol. The smallest absolute Gasteiger partial charge is 0.104 e. The van der Waals surface area contributed by atoms with Crippen LogP contribution in [0.15, 0.2) is 30.3 Å². The maximum atomic E-state index is 11.9. The van der Waals surface area contributed by atoms with Crippen LogP contribution in [-0.4, -0.2) is 17.7 Å². The molecule has 0 heterocycles. The molecule has 1 rings (SSSR count). The molecule has 0 bridgehead atoms. The molecule has 0 radical (unpaired) electrons. The molecule has 13 heavy (non-hydrogen) atoms. The zero-order valence-corrected chi connectivity index (χ0v) is 8.36. The van der Waals surface area contributed by atoms with Crippen LogP contribution in [0.3, 0.4) is 0 Å². The van der Waals surface area contributed by atoms with Crippen LogP contribution in [-0.2, 0) is 6.54 Å². The third-order valence-electron chi connectivity index (χ3n) is 2.47. The third-order valence-corrected chi connectivity index (χ3v) is 2.47. The molecule has 2 heteroatoms. The van der Waals surface area contributed by atoms with Crippen LogP contribution in [0.4, 0.5) is 0 Å². The van der Waals surface area contributed by atoms with Crippen molar-refractivity contribution >= 4 is 0 Å². The lowest BCUT2D eigenvalue weighted by molar-refractivity contribution is -0.890. The second kappa shape index (κ2) is 4.40. The van der Waals surface area contributed by atoms with E-state index in [9.17, 15) is 5.21 Å². The first-order valence-corrected chi connectivity index (χ1v) is 4.81. The third kappa shape index (κ3) is 2.83. The molecule has 1 aromatic carbocycles. The van der Waals surface area contributed by atoms with Gasteiger partial charge in [0.25, 0.3) is 0 Å². The van der Waals surface area contributed by atoms with E-state index in [1.165, 1.54) is 0 Å². The Balaban J connectivity index is 2.68. The predicted octanol–water partition coefficient (Wildman–Crippen LogP) is 2.54. The van der Waals surface area contributed by atoms with E-state index in [2.05, 4.69) is 0 Å². The summed E-state index contributed by atoms with van der Waals surface area (Å²) in [4.78, 5) is 0. The van der Waals surface area contributed by atoms with E-state index < -0.39 is 0 Å². The van der Waals surface area contributed by atoms with E-state index in [0.29, 0.717) is 19.6 Å². The lowest BCUT2D eigenvalue weighted by Gasteiger charge is -2.41. The second-order valence-electron chi connectivity index (χ2n) is 3.33. The summed E-state index contributed by atoms with van der Waals surface area (Å²) in [5, 5.41) is 11.9. The van der Waals surface area contributed by atoms with Crippen LogP contribution >= 0.6 is 0 Å². The SMILES string of the molecule is CC[N+]([O-])(CC)Cc1ccccc1. The summed E-state index contributed by atoms with van der Waals surface area (Å²) in [6.45, 7) is 5.77. The average Bonchev–Trinajstić information content (AvgIpc) is 2.19. The minimum absolute atomic E-state index is 0.121. The molecule has 0 aliphatic rings. The van der Waals surface area contributed by atoms with Crippen molar-refractivity contribution < 1.29 is 4.65 Å². The highest BCUT2D eigenvalue weighted by atomic mass is 16.5. The summed E-state index contributed by atoms with van der Waals surface area (Å²) in [5.74, 6) is 0. The summed E-state index contributed by atoms with van der Waals surface area (Å²) in [7, 11) is 0. The van der Waals surface area contributed by atoms with Crippen LogP contribution in [0.25, 0.3) is 0 Å². The van der Waals surface area contributed by atoms with Gasteiger partial charge < -0.3 is 9.85 Å². The van der Waals surface area contributed by atoms with Crippen molar-refractivity contribution in [2.45, 2.75) is 20.4 Å². The van der Waals surface area contributed by atoms with Crippen molar-refractivity contribution in [2.24, 2.45) is 0 Å². The Labute approximate surface area is 80.0 Å². The van der Waals surface area contributed by atoms with E-state index in [0.717, 1.165) is 5.56 Å². The Morgan fingerprint density at radius 3 is 2.08 bits per heavy atom. The molecule has 0 fully saturated rings. The molecule has 2 nitrogen and oxygen atoms in total. The quantitative estimate of drug-likeness (QED) is 0.514. The van der Waals surface area contributed by atoms with Gasteiger partial charge in [0.2, 0.25) is 0 Å². The van der Waals surface area contributed by atoms with Crippen LogP contribution in [0.2, 0.25) is 0 Å². The number of hydrogen-bond donors (Lipinski definition) is 0. The van der Waals surface area contributed by atoms with Gasteiger partial charge in [0.1, 0.15) is 6.54 Å². The maximum absolute atomic E-state index is 11.9. The topological polar surface area (TPSA) is 23.1 Å². The van der Waals surface area contributed by atoms with Gasteiger partial charge in [-0.05, 0) is 13.8 Å². The summed E-state index contributed by atoms with van der Waals surface area (Å²) in [6, 6.07) is 9.95. The summed E-state index contributed by atoms with van der Waals surface area (Å²) in [6.07, 6.45) is 0. The lowest BCUT2D eigenvalue weighted by atomic mass is 10.2. The van der Waals surface area contributed by atoms with Crippen LogP contribution in [0, 0.1) is 5.21 Å². The van der Waals surface area contributed by atoms with E-state index in [1.807, 2.05) is 44.2 Å². The van der Waals surface area contributed by atoms with Gasteiger partial charge in [0.05, 0.1) is 13.1 Å². The Hall–Kier alpha value is -0.860.